The molecule has 0 aliphatic heterocycles. The minimum absolute atomic E-state index is 0.00650. The molecule has 6 nitrogen and oxygen atoms in total. The number of rotatable bonds is 6. The van der Waals surface area contributed by atoms with Crippen molar-refractivity contribution in [2.24, 2.45) is 23.2 Å². The number of para-hydroxylation sites is 1. The van der Waals surface area contributed by atoms with E-state index in [1.807, 2.05) is 18.2 Å². The number of nitrogens with one attached hydrogen (secondary N) is 2. The molecule has 7 heteroatoms. The second-order valence-corrected chi connectivity index (χ2v) is 11.0. The number of hydrogen-bond donors (Lipinski definition) is 2. The third-order valence-electron chi connectivity index (χ3n) is 7.61. The lowest BCUT2D eigenvalue weighted by Gasteiger charge is -2.55. The number of benzene rings is 1. The van der Waals surface area contributed by atoms with E-state index in [1.165, 1.54) is 19.3 Å². The van der Waals surface area contributed by atoms with Gasteiger partial charge >= 0.3 is 5.97 Å². The molecule has 0 atom stereocenters. The van der Waals surface area contributed by atoms with Crippen LogP contribution >= 0.6 is 11.3 Å². The van der Waals surface area contributed by atoms with Crippen molar-refractivity contribution in [1.82, 2.24) is 0 Å². The molecule has 2 aromatic rings. The third kappa shape index (κ3) is 4.07. The van der Waals surface area contributed by atoms with Gasteiger partial charge in [-0.1, -0.05) is 18.2 Å². The minimum Gasteiger partial charge on any atom is -0.462 e. The van der Waals surface area contributed by atoms with Crippen LogP contribution in [0.15, 0.2) is 30.3 Å². The zero-order valence-corrected chi connectivity index (χ0v) is 19.9. The topological polar surface area (TPSA) is 84.5 Å². The van der Waals surface area contributed by atoms with Gasteiger partial charge in [0.25, 0.3) is 5.91 Å². The Kier molecular flexibility index (Phi) is 5.77. The van der Waals surface area contributed by atoms with Crippen molar-refractivity contribution in [3.8, 4) is 0 Å². The zero-order chi connectivity index (χ0) is 23.2. The Bertz CT molecular complexity index is 1060. The lowest BCUT2D eigenvalue weighted by molar-refractivity contribution is -0.140. The molecular formula is C26H30N2O4S. The van der Waals surface area contributed by atoms with Crippen molar-refractivity contribution in [3.05, 3.63) is 46.3 Å². The maximum Gasteiger partial charge on any atom is 0.348 e. The summed E-state index contributed by atoms with van der Waals surface area (Å²) in [5.41, 5.74) is 1.19. The second-order valence-electron chi connectivity index (χ2n) is 9.95. The summed E-state index contributed by atoms with van der Waals surface area (Å²) in [5, 5.41) is 6.44. The average molecular weight is 467 g/mol. The number of amides is 2. The van der Waals surface area contributed by atoms with Crippen LogP contribution in [-0.4, -0.2) is 24.4 Å². The van der Waals surface area contributed by atoms with Gasteiger partial charge in [0, 0.05) is 5.69 Å². The largest absolute Gasteiger partial charge is 0.462 e. The van der Waals surface area contributed by atoms with Crippen molar-refractivity contribution < 1.29 is 19.1 Å². The van der Waals surface area contributed by atoms with E-state index in [2.05, 4.69) is 10.6 Å². The Morgan fingerprint density at radius 3 is 2.18 bits per heavy atom. The average Bonchev–Trinajstić information content (AvgIpc) is 3.09. The summed E-state index contributed by atoms with van der Waals surface area (Å²) < 4.78 is 5.21. The van der Waals surface area contributed by atoms with Gasteiger partial charge in [-0.25, -0.2) is 4.79 Å². The molecule has 2 N–H and O–H groups in total. The van der Waals surface area contributed by atoms with E-state index >= 15 is 0 Å². The summed E-state index contributed by atoms with van der Waals surface area (Å²) in [7, 11) is 0. The van der Waals surface area contributed by atoms with Gasteiger partial charge in [-0.05, 0) is 87.8 Å². The molecule has 4 aliphatic carbocycles. The molecule has 0 saturated heterocycles. The van der Waals surface area contributed by atoms with Gasteiger partial charge in [0.2, 0.25) is 5.91 Å². The van der Waals surface area contributed by atoms with Crippen LogP contribution in [0, 0.1) is 30.1 Å². The van der Waals surface area contributed by atoms with Crippen molar-refractivity contribution in [1.29, 1.82) is 0 Å². The summed E-state index contributed by atoms with van der Waals surface area (Å²) in [6.07, 6.45) is 6.57. The van der Waals surface area contributed by atoms with Gasteiger partial charge in [-0.2, -0.15) is 0 Å². The molecule has 2 amide bonds. The normalized spacial score (nSPS) is 27.3. The fourth-order valence-corrected chi connectivity index (χ4v) is 7.70. The third-order valence-corrected chi connectivity index (χ3v) is 8.80. The summed E-state index contributed by atoms with van der Waals surface area (Å²) in [6, 6.07) is 9.17. The van der Waals surface area contributed by atoms with Gasteiger partial charge < -0.3 is 15.4 Å². The molecule has 0 unspecified atom stereocenters. The molecule has 4 saturated carbocycles. The van der Waals surface area contributed by atoms with Crippen LogP contribution in [0.3, 0.4) is 0 Å². The number of carbonyl (C=O) groups is 3. The molecule has 4 aliphatic rings. The van der Waals surface area contributed by atoms with Crippen LogP contribution in [-0.2, 0) is 9.53 Å². The molecule has 1 aromatic carbocycles. The summed E-state index contributed by atoms with van der Waals surface area (Å²) >= 11 is 1.14. The second kappa shape index (κ2) is 8.60. The van der Waals surface area contributed by atoms with E-state index in [0.717, 1.165) is 30.6 Å². The number of thiophene rings is 1. The van der Waals surface area contributed by atoms with Crippen LogP contribution in [0.2, 0.25) is 0 Å². The SMILES string of the molecule is CCOC(=O)c1sc(NC(=O)C23CC4CC(CC(C4)C2)C3)c(C(=O)Nc2ccccc2)c1C. The van der Waals surface area contributed by atoms with Gasteiger partial charge in [0.1, 0.15) is 9.88 Å². The maximum atomic E-state index is 13.7. The highest BCUT2D eigenvalue weighted by atomic mass is 32.1. The molecule has 4 bridgehead atoms. The zero-order valence-electron chi connectivity index (χ0n) is 19.1. The Balaban J connectivity index is 1.45. The van der Waals surface area contributed by atoms with Gasteiger partial charge in [0.15, 0.2) is 0 Å². The first-order valence-electron chi connectivity index (χ1n) is 11.9. The number of carbonyl (C=O) groups excluding carboxylic acids is 3. The Morgan fingerprint density at radius 2 is 1.61 bits per heavy atom. The lowest BCUT2D eigenvalue weighted by atomic mass is 9.49. The fourth-order valence-electron chi connectivity index (χ4n) is 6.61. The smallest absolute Gasteiger partial charge is 0.348 e. The molecular weight excluding hydrogens is 436 g/mol. The van der Waals surface area contributed by atoms with Gasteiger partial charge in [-0.15, -0.1) is 11.3 Å². The van der Waals surface area contributed by atoms with Crippen molar-refractivity contribution in [3.63, 3.8) is 0 Å². The molecule has 174 valence electrons. The highest BCUT2D eigenvalue weighted by Gasteiger charge is 2.54. The number of esters is 1. The predicted molar refractivity (Wildman–Crippen MR) is 129 cm³/mol. The number of ether oxygens (including phenoxy) is 1. The molecule has 0 radical (unpaired) electrons. The summed E-state index contributed by atoms with van der Waals surface area (Å²) in [4.78, 5) is 39.9. The Labute approximate surface area is 198 Å². The summed E-state index contributed by atoms with van der Waals surface area (Å²) in [5.74, 6) is 1.12. The van der Waals surface area contributed by atoms with E-state index in [1.54, 1.807) is 26.0 Å². The van der Waals surface area contributed by atoms with E-state index in [4.69, 9.17) is 4.74 Å². The Hall–Kier alpha value is -2.67. The van der Waals surface area contributed by atoms with E-state index in [-0.39, 0.29) is 23.8 Å². The van der Waals surface area contributed by atoms with E-state index in [9.17, 15) is 14.4 Å². The highest BCUT2D eigenvalue weighted by molar-refractivity contribution is 7.18. The first kappa shape index (κ1) is 22.1. The quantitative estimate of drug-likeness (QED) is 0.540. The molecule has 0 spiro atoms. The first-order valence-corrected chi connectivity index (χ1v) is 12.7. The van der Waals surface area contributed by atoms with Crippen molar-refractivity contribution in [2.75, 3.05) is 17.2 Å². The van der Waals surface area contributed by atoms with Gasteiger partial charge in [-0.3, -0.25) is 9.59 Å². The fraction of sp³-hybridized carbons (Fsp3) is 0.500. The number of anilines is 2. The maximum absolute atomic E-state index is 13.7. The molecule has 1 aromatic heterocycles. The van der Waals surface area contributed by atoms with E-state index < -0.39 is 5.97 Å². The monoisotopic (exact) mass is 466 g/mol. The van der Waals surface area contributed by atoms with Crippen LogP contribution in [0.1, 0.15) is 71.0 Å². The molecule has 1 heterocycles. The van der Waals surface area contributed by atoms with Crippen LogP contribution < -0.4 is 10.6 Å². The lowest BCUT2D eigenvalue weighted by Crippen LogP contribution is -2.51. The van der Waals surface area contributed by atoms with Gasteiger partial charge in [0.05, 0.1) is 17.6 Å². The molecule has 4 fully saturated rings. The van der Waals surface area contributed by atoms with Crippen LogP contribution in [0.4, 0.5) is 10.7 Å². The minimum atomic E-state index is -0.468. The number of hydrogen-bond acceptors (Lipinski definition) is 5. The Morgan fingerprint density at radius 1 is 1.00 bits per heavy atom. The van der Waals surface area contributed by atoms with Crippen molar-refractivity contribution in [2.45, 2.75) is 52.4 Å². The highest BCUT2D eigenvalue weighted by Crippen LogP contribution is 2.60. The standard InChI is InChI=1S/C26H30N2O4S/c1-3-32-24(30)21-15(2)20(22(29)27-19-7-5-4-6-8-19)23(33-21)28-25(31)26-12-16-9-17(13-26)11-18(10-16)14-26/h4-8,16-18H,3,9-14H2,1-2H3,(H,27,29)(H,28,31). The molecule has 6 rings (SSSR count). The van der Waals surface area contributed by atoms with E-state index in [0.29, 0.717) is 44.4 Å². The molecule has 33 heavy (non-hydrogen) atoms. The van der Waals surface area contributed by atoms with Crippen LogP contribution in [0.5, 0.6) is 0 Å². The van der Waals surface area contributed by atoms with Crippen molar-refractivity contribution >= 4 is 39.8 Å². The van der Waals surface area contributed by atoms with Crippen LogP contribution in [0.25, 0.3) is 0 Å². The summed E-state index contributed by atoms with van der Waals surface area (Å²) in [6.45, 7) is 3.74. The predicted octanol–water partition coefficient (Wildman–Crippen LogP) is 5.64. The first-order chi connectivity index (χ1) is 15.9.